The van der Waals surface area contributed by atoms with Crippen molar-refractivity contribution in [2.45, 2.75) is 31.1 Å². The van der Waals surface area contributed by atoms with Gasteiger partial charge in [-0.05, 0) is 36.6 Å². The molecule has 0 amide bonds. The molecule has 0 N–H and O–H groups in total. The Morgan fingerprint density at radius 3 is 3.19 bits per heavy atom. The maximum atomic E-state index is 5.75. The van der Waals surface area contributed by atoms with Crippen molar-refractivity contribution in [2.24, 2.45) is 5.92 Å². The number of thiophene rings is 1. The molecule has 0 aromatic carbocycles. The molecule has 2 fully saturated rings. The molecule has 1 aliphatic heterocycles. The van der Waals surface area contributed by atoms with Gasteiger partial charge in [-0.25, -0.2) is 4.98 Å². The Morgan fingerprint density at radius 1 is 1.35 bits per heavy atom. The summed E-state index contributed by atoms with van der Waals surface area (Å²) in [7, 11) is 0. The number of aromatic nitrogens is 4. The Kier molecular flexibility index (Phi) is 4.05. The van der Waals surface area contributed by atoms with Crippen LogP contribution in [0.1, 0.15) is 30.0 Å². The quantitative estimate of drug-likeness (QED) is 0.690. The van der Waals surface area contributed by atoms with E-state index in [0.717, 1.165) is 38.4 Å². The van der Waals surface area contributed by atoms with E-state index in [1.165, 1.54) is 17.7 Å². The zero-order valence-electron chi connectivity index (χ0n) is 14.5. The van der Waals surface area contributed by atoms with E-state index in [1.807, 2.05) is 11.3 Å². The summed E-state index contributed by atoms with van der Waals surface area (Å²) in [5.74, 6) is 1.95. The van der Waals surface area contributed by atoms with Crippen LogP contribution in [-0.4, -0.2) is 44.6 Å². The van der Waals surface area contributed by atoms with E-state index in [9.17, 15) is 0 Å². The topological polar surface area (TPSA) is 67.9 Å². The second-order valence-electron chi connectivity index (χ2n) is 7.32. The first-order valence-electron chi connectivity index (χ1n) is 9.19. The van der Waals surface area contributed by atoms with Gasteiger partial charge in [-0.3, -0.25) is 4.98 Å². The molecule has 0 radical (unpaired) electrons. The van der Waals surface area contributed by atoms with Crippen LogP contribution in [0.5, 0.6) is 0 Å². The normalized spacial score (nSPS) is 25.6. The van der Waals surface area contributed by atoms with Crippen LogP contribution in [0.4, 0.5) is 0 Å². The fraction of sp³-hybridized carbons (Fsp3) is 0.474. The Bertz CT molecular complexity index is 865. The predicted octanol–water partition coefficient (Wildman–Crippen LogP) is 3.18. The molecule has 2 atom stereocenters. The Morgan fingerprint density at radius 2 is 2.35 bits per heavy atom. The second kappa shape index (κ2) is 6.55. The highest BCUT2D eigenvalue weighted by Gasteiger charge is 2.54. The lowest BCUT2D eigenvalue weighted by molar-refractivity contribution is 0.248. The van der Waals surface area contributed by atoms with E-state index >= 15 is 0 Å². The number of nitrogens with zero attached hydrogens (tertiary/aromatic N) is 5. The first kappa shape index (κ1) is 16.1. The van der Waals surface area contributed by atoms with E-state index in [0.29, 0.717) is 17.4 Å². The highest BCUT2D eigenvalue weighted by atomic mass is 32.1. The molecule has 1 aliphatic carbocycles. The highest BCUT2D eigenvalue weighted by molar-refractivity contribution is 7.09. The van der Waals surface area contributed by atoms with Crippen LogP contribution in [0.15, 0.2) is 40.6 Å². The third-order valence-electron chi connectivity index (χ3n) is 5.84. The first-order valence-corrected chi connectivity index (χ1v) is 10.1. The van der Waals surface area contributed by atoms with Gasteiger partial charge in [-0.1, -0.05) is 17.6 Å². The third kappa shape index (κ3) is 2.75. The molecule has 26 heavy (non-hydrogen) atoms. The van der Waals surface area contributed by atoms with Crippen molar-refractivity contribution < 1.29 is 4.52 Å². The number of hydrogen-bond acceptors (Lipinski definition) is 7. The molecule has 0 unspecified atom stereocenters. The molecule has 0 bridgehead atoms. The molecule has 6 nitrogen and oxygen atoms in total. The summed E-state index contributed by atoms with van der Waals surface area (Å²) in [6.45, 7) is 3.25. The van der Waals surface area contributed by atoms with Crippen molar-refractivity contribution in [2.75, 3.05) is 19.6 Å². The number of likely N-dealkylation sites (tertiary alicyclic amines) is 1. The molecular weight excluding hydrogens is 346 g/mol. The minimum absolute atomic E-state index is 0.0168. The van der Waals surface area contributed by atoms with Crippen molar-refractivity contribution in [3.63, 3.8) is 0 Å². The zero-order valence-corrected chi connectivity index (χ0v) is 15.4. The second-order valence-corrected chi connectivity index (χ2v) is 8.36. The van der Waals surface area contributed by atoms with Crippen molar-refractivity contribution in [1.82, 2.24) is 25.0 Å². The molecule has 134 valence electrons. The summed E-state index contributed by atoms with van der Waals surface area (Å²) in [5, 5.41) is 6.35. The zero-order chi connectivity index (χ0) is 17.4. The molecule has 3 aromatic rings. The first-order chi connectivity index (χ1) is 12.8. The minimum Gasteiger partial charge on any atom is -0.338 e. The van der Waals surface area contributed by atoms with Gasteiger partial charge in [0.05, 0.1) is 11.6 Å². The van der Waals surface area contributed by atoms with E-state index in [2.05, 4.69) is 37.5 Å². The lowest BCUT2D eigenvalue weighted by Gasteiger charge is -2.24. The van der Waals surface area contributed by atoms with Crippen molar-refractivity contribution in [1.29, 1.82) is 0 Å². The SMILES string of the molecule is c1csc(CCN2C[C@H]3CCC[C@@]3(c3nc(-c4cnccn4)no3)C2)c1. The van der Waals surface area contributed by atoms with Gasteiger partial charge >= 0.3 is 0 Å². The molecule has 5 rings (SSSR count). The van der Waals surface area contributed by atoms with Crippen molar-refractivity contribution in [3.8, 4) is 11.5 Å². The maximum absolute atomic E-state index is 5.75. The van der Waals surface area contributed by atoms with Gasteiger partial charge in [0, 0.05) is 36.9 Å². The van der Waals surface area contributed by atoms with E-state index in [1.54, 1.807) is 18.6 Å². The largest absolute Gasteiger partial charge is 0.338 e. The summed E-state index contributed by atoms with van der Waals surface area (Å²) in [6.07, 6.45) is 9.73. The Balaban J connectivity index is 1.36. The Labute approximate surface area is 156 Å². The number of rotatable bonds is 5. The number of hydrogen-bond donors (Lipinski definition) is 0. The average Bonchev–Trinajstić information content (AvgIpc) is 3.43. The van der Waals surface area contributed by atoms with Gasteiger partial charge in [0.25, 0.3) is 0 Å². The predicted molar refractivity (Wildman–Crippen MR) is 98.8 cm³/mol. The molecule has 4 heterocycles. The lowest BCUT2D eigenvalue weighted by Crippen LogP contribution is -2.33. The van der Waals surface area contributed by atoms with Gasteiger partial charge in [-0.15, -0.1) is 11.3 Å². The lowest BCUT2D eigenvalue weighted by atomic mass is 9.80. The fourth-order valence-corrected chi connectivity index (χ4v) is 5.28. The maximum Gasteiger partial charge on any atom is 0.234 e. The molecule has 1 saturated carbocycles. The summed E-state index contributed by atoms with van der Waals surface area (Å²) in [6, 6.07) is 4.36. The van der Waals surface area contributed by atoms with Gasteiger partial charge < -0.3 is 9.42 Å². The minimum atomic E-state index is 0.0168. The van der Waals surface area contributed by atoms with Crippen LogP contribution in [0.2, 0.25) is 0 Å². The fourth-order valence-electron chi connectivity index (χ4n) is 4.58. The summed E-state index contributed by atoms with van der Waals surface area (Å²) >= 11 is 1.84. The van der Waals surface area contributed by atoms with Crippen LogP contribution in [-0.2, 0) is 11.8 Å². The van der Waals surface area contributed by atoms with Crippen molar-refractivity contribution in [3.05, 3.63) is 46.9 Å². The van der Waals surface area contributed by atoms with E-state index in [-0.39, 0.29) is 5.41 Å². The number of fused-ring (bicyclic) bond motifs is 1. The van der Waals surface area contributed by atoms with Crippen LogP contribution in [0.25, 0.3) is 11.5 Å². The van der Waals surface area contributed by atoms with Gasteiger partial charge in [0.2, 0.25) is 11.7 Å². The van der Waals surface area contributed by atoms with Crippen LogP contribution in [0, 0.1) is 5.92 Å². The summed E-state index contributed by atoms with van der Waals surface area (Å²) < 4.78 is 5.75. The van der Waals surface area contributed by atoms with Crippen LogP contribution < -0.4 is 0 Å². The molecule has 2 aliphatic rings. The van der Waals surface area contributed by atoms with Gasteiger partial charge in [0.15, 0.2) is 0 Å². The molecule has 7 heteroatoms. The average molecular weight is 367 g/mol. The van der Waals surface area contributed by atoms with Gasteiger partial charge in [0.1, 0.15) is 5.69 Å². The standard InChI is InChI=1S/C19H21N5OS/c1-3-14-12-24(9-5-15-4-2-10-26-15)13-19(14,6-1)18-22-17(23-25-18)16-11-20-7-8-21-16/h2,4,7-8,10-11,14H,1,3,5-6,9,12-13H2/t14-,19-/m1/s1. The molecule has 1 saturated heterocycles. The van der Waals surface area contributed by atoms with E-state index < -0.39 is 0 Å². The third-order valence-corrected chi connectivity index (χ3v) is 6.78. The summed E-state index contributed by atoms with van der Waals surface area (Å²) in [4.78, 5) is 17.2. The Hall–Kier alpha value is -2.12. The summed E-state index contributed by atoms with van der Waals surface area (Å²) in [5.41, 5.74) is 0.684. The highest BCUT2D eigenvalue weighted by Crippen LogP contribution is 2.50. The smallest absolute Gasteiger partial charge is 0.234 e. The molecular formula is C19H21N5OS. The van der Waals surface area contributed by atoms with Crippen LogP contribution >= 0.6 is 11.3 Å². The van der Waals surface area contributed by atoms with Gasteiger partial charge in [-0.2, -0.15) is 4.98 Å². The molecule has 0 spiro atoms. The van der Waals surface area contributed by atoms with Crippen molar-refractivity contribution >= 4 is 11.3 Å². The van der Waals surface area contributed by atoms with E-state index in [4.69, 9.17) is 9.51 Å². The monoisotopic (exact) mass is 367 g/mol. The molecule has 3 aromatic heterocycles. The van der Waals surface area contributed by atoms with Crippen LogP contribution in [0.3, 0.4) is 0 Å².